The van der Waals surface area contributed by atoms with Crippen molar-refractivity contribution < 1.29 is 24.2 Å². The van der Waals surface area contributed by atoms with E-state index >= 15 is 0 Å². The van der Waals surface area contributed by atoms with Gasteiger partial charge in [-0.2, -0.15) is 0 Å². The van der Waals surface area contributed by atoms with E-state index in [1.54, 1.807) is 30.3 Å². The van der Waals surface area contributed by atoms with Crippen LogP contribution in [0, 0.1) is 0 Å². The van der Waals surface area contributed by atoms with Gasteiger partial charge in [0.1, 0.15) is 19.2 Å². The van der Waals surface area contributed by atoms with Crippen LogP contribution in [0.5, 0.6) is 0 Å². The molecule has 0 radical (unpaired) electrons. The number of carbonyl (C=O) groups is 3. The van der Waals surface area contributed by atoms with Gasteiger partial charge in [0.2, 0.25) is 5.91 Å². The first-order valence-electron chi connectivity index (χ1n) is 8.26. The molecule has 2 aromatic rings. The third-order valence-corrected chi connectivity index (χ3v) is 4.68. The molecule has 0 unspecified atom stereocenters. The summed E-state index contributed by atoms with van der Waals surface area (Å²) in [6, 6.07) is 12.9. The highest BCUT2D eigenvalue weighted by molar-refractivity contribution is 9.10. The first kappa shape index (κ1) is 21.7. The maximum Gasteiger partial charge on any atom is 0.407 e. The molecule has 2 rings (SSSR count). The van der Waals surface area contributed by atoms with Crippen molar-refractivity contribution in [1.29, 1.82) is 0 Å². The maximum atomic E-state index is 12.0. The van der Waals surface area contributed by atoms with E-state index in [1.165, 1.54) is 0 Å². The standard InChI is InChI=1S/C19H18BrClN2O5/c20-15-7-6-14(21)8-13(15)9-16(18(25)26)23-17(24)10-22-19(27)28-11-12-4-2-1-3-5-12/h1-8,16H,9-11H2,(H,22,27)(H,23,24)(H,25,26)/t16-/m0/s1. The van der Waals surface area contributed by atoms with Crippen molar-refractivity contribution in [3.63, 3.8) is 0 Å². The molecule has 28 heavy (non-hydrogen) atoms. The molecular weight excluding hydrogens is 452 g/mol. The normalized spacial score (nSPS) is 11.4. The van der Waals surface area contributed by atoms with Crippen molar-refractivity contribution in [1.82, 2.24) is 10.6 Å². The smallest absolute Gasteiger partial charge is 0.407 e. The molecule has 3 N–H and O–H groups in total. The zero-order chi connectivity index (χ0) is 20.5. The van der Waals surface area contributed by atoms with Crippen molar-refractivity contribution >= 4 is 45.5 Å². The Morgan fingerprint density at radius 3 is 2.54 bits per heavy atom. The van der Waals surface area contributed by atoms with Gasteiger partial charge in [-0.1, -0.05) is 57.9 Å². The minimum absolute atomic E-state index is 0.0284. The molecule has 0 spiro atoms. The molecule has 0 heterocycles. The van der Waals surface area contributed by atoms with Gasteiger partial charge in [-0.25, -0.2) is 9.59 Å². The third kappa shape index (κ3) is 7.21. The average molecular weight is 470 g/mol. The van der Waals surface area contributed by atoms with Crippen LogP contribution in [-0.4, -0.2) is 35.7 Å². The molecule has 148 valence electrons. The molecule has 1 atom stereocenters. The lowest BCUT2D eigenvalue weighted by molar-refractivity contribution is -0.141. The summed E-state index contributed by atoms with van der Waals surface area (Å²) in [4.78, 5) is 35.1. The lowest BCUT2D eigenvalue weighted by atomic mass is 10.1. The summed E-state index contributed by atoms with van der Waals surface area (Å²) in [5, 5.41) is 14.5. The van der Waals surface area contributed by atoms with Crippen molar-refractivity contribution in [2.75, 3.05) is 6.54 Å². The molecule has 0 fully saturated rings. The van der Waals surface area contributed by atoms with Gasteiger partial charge in [0, 0.05) is 15.9 Å². The highest BCUT2D eigenvalue weighted by Crippen LogP contribution is 2.22. The fourth-order valence-corrected chi connectivity index (χ4v) is 2.89. The number of aliphatic carboxylic acids is 1. The Morgan fingerprint density at radius 1 is 1.14 bits per heavy atom. The van der Waals surface area contributed by atoms with Gasteiger partial charge >= 0.3 is 12.1 Å². The van der Waals surface area contributed by atoms with E-state index in [9.17, 15) is 19.5 Å². The number of carboxylic acid groups (broad SMARTS) is 1. The van der Waals surface area contributed by atoms with Gasteiger partial charge in [0.05, 0.1) is 0 Å². The Kier molecular flexibility index (Phi) is 8.28. The molecule has 0 saturated heterocycles. The second-order valence-electron chi connectivity index (χ2n) is 5.81. The van der Waals surface area contributed by atoms with Crippen LogP contribution in [0.4, 0.5) is 4.79 Å². The van der Waals surface area contributed by atoms with Crippen LogP contribution in [0.2, 0.25) is 5.02 Å². The highest BCUT2D eigenvalue weighted by atomic mass is 79.9. The van der Waals surface area contributed by atoms with Gasteiger partial charge in [0.25, 0.3) is 0 Å². The monoisotopic (exact) mass is 468 g/mol. The molecule has 0 aliphatic heterocycles. The van der Waals surface area contributed by atoms with E-state index in [0.717, 1.165) is 5.56 Å². The summed E-state index contributed by atoms with van der Waals surface area (Å²) < 4.78 is 5.67. The van der Waals surface area contributed by atoms with Gasteiger partial charge in [-0.15, -0.1) is 0 Å². The molecule has 0 aromatic heterocycles. The van der Waals surface area contributed by atoms with Crippen LogP contribution in [0.3, 0.4) is 0 Å². The van der Waals surface area contributed by atoms with Crippen LogP contribution in [0.15, 0.2) is 53.0 Å². The number of alkyl carbamates (subject to hydrolysis) is 1. The maximum absolute atomic E-state index is 12.0. The first-order chi connectivity index (χ1) is 13.3. The molecule has 0 aliphatic carbocycles. The first-order valence-corrected chi connectivity index (χ1v) is 9.43. The highest BCUT2D eigenvalue weighted by Gasteiger charge is 2.22. The molecule has 0 bridgehead atoms. The van der Waals surface area contributed by atoms with E-state index in [-0.39, 0.29) is 13.0 Å². The SMILES string of the molecule is O=C(CNC(=O)OCc1ccccc1)N[C@@H](Cc1cc(Cl)ccc1Br)C(=O)O. The van der Waals surface area contributed by atoms with E-state index in [1.807, 2.05) is 18.2 Å². The summed E-state index contributed by atoms with van der Waals surface area (Å²) in [5.41, 5.74) is 1.44. The minimum atomic E-state index is -1.20. The molecule has 7 nitrogen and oxygen atoms in total. The van der Waals surface area contributed by atoms with Crippen molar-refractivity contribution in [2.45, 2.75) is 19.1 Å². The van der Waals surface area contributed by atoms with E-state index in [4.69, 9.17) is 16.3 Å². The average Bonchev–Trinajstić information content (AvgIpc) is 2.67. The van der Waals surface area contributed by atoms with Crippen LogP contribution < -0.4 is 10.6 Å². The quantitative estimate of drug-likeness (QED) is 0.551. The number of hydrogen-bond acceptors (Lipinski definition) is 4. The number of rotatable bonds is 8. The third-order valence-electron chi connectivity index (χ3n) is 3.67. The Morgan fingerprint density at radius 2 is 1.86 bits per heavy atom. The van der Waals surface area contributed by atoms with Gasteiger partial charge in [-0.05, 0) is 29.3 Å². The number of carboxylic acids is 1. The van der Waals surface area contributed by atoms with E-state index < -0.39 is 30.6 Å². The minimum Gasteiger partial charge on any atom is -0.480 e. The lowest BCUT2D eigenvalue weighted by Crippen LogP contribution is -2.46. The molecule has 2 aromatic carbocycles. The zero-order valence-corrected chi connectivity index (χ0v) is 17.0. The predicted molar refractivity (Wildman–Crippen MR) is 107 cm³/mol. The van der Waals surface area contributed by atoms with Crippen LogP contribution >= 0.6 is 27.5 Å². The number of nitrogens with one attached hydrogen (secondary N) is 2. The van der Waals surface area contributed by atoms with Crippen LogP contribution in [0.1, 0.15) is 11.1 Å². The molecule has 0 aliphatic rings. The van der Waals surface area contributed by atoms with Crippen molar-refractivity contribution in [2.24, 2.45) is 0 Å². The van der Waals surface area contributed by atoms with Crippen molar-refractivity contribution in [3.8, 4) is 0 Å². The summed E-state index contributed by atoms with van der Waals surface area (Å²) in [6.07, 6.45) is -0.746. The molecule has 2 amide bonds. The summed E-state index contributed by atoms with van der Waals surface area (Å²) in [5.74, 6) is -1.85. The number of ether oxygens (including phenoxy) is 1. The van der Waals surface area contributed by atoms with Gasteiger partial charge in [0.15, 0.2) is 0 Å². The van der Waals surface area contributed by atoms with E-state index in [2.05, 4.69) is 26.6 Å². The summed E-state index contributed by atoms with van der Waals surface area (Å²) in [6.45, 7) is -0.344. The topological polar surface area (TPSA) is 105 Å². The van der Waals surface area contributed by atoms with E-state index in [0.29, 0.717) is 15.1 Å². The second kappa shape index (κ2) is 10.7. The van der Waals surface area contributed by atoms with Gasteiger partial charge in [-0.3, -0.25) is 4.79 Å². The fourth-order valence-electron chi connectivity index (χ4n) is 2.29. The Hall–Kier alpha value is -2.58. The molecule has 0 saturated carbocycles. The Bertz CT molecular complexity index is 847. The Balaban J connectivity index is 1.82. The summed E-state index contributed by atoms with van der Waals surface area (Å²) in [7, 11) is 0. The van der Waals surface area contributed by atoms with Crippen LogP contribution in [-0.2, 0) is 27.4 Å². The largest absolute Gasteiger partial charge is 0.480 e. The van der Waals surface area contributed by atoms with Crippen LogP contribution in [0.25, 0.3) is 0 Å². The lowest BCUT2D eigenvalue weighted by Gasteiger charge is -2.16. The number of benzene rings is 2. The number of halogens is 2. The second-order valence-corrected chi connectivity index (χ2v) is 7.10. The number of carbonyl (C=O) groups excluding carboxylic acids is 2. The predicted octanol–water partition coefficient (Wildman–Crippen LogP) is 3.14. The zero-order valence-electron chi connectivity index (χ0n) is 14.7. The fraction of sp³-hybridized carbons (Fsp3) is 0.211. The van der Waals surface area contributed by atoms with Crippen molar-refractivity contribution in [3.05, 3.63) is 69.2 Å². The molecular formula is C19H18BrClN2O5. The number of hydrogen-bond donors (Lipinski definition) is 3. The summed E-state index contributed by atoms with van der Waals surface area (Å²) >= 11 is 9.25. The molecule has 9 heteroatoms. The Labute approximate surface area is 175 Å². The number of amides is 2. The van der Waals surface area contributed by atoms with Gasteiger partial charge < -0.3 is 20.5 Å².